The van der Waals surface area contributed by atoms with Crippen molar-refractivity contribution in [2.45, 2.75) is 19.1 Å². The van der Waals surface area contributed by atoms with Crippen molar-refractivity contribution >= 4 is 0 Å². The summed E-state index contributed by atoms with van der Waals surface area (Å²) in [5, 5.41) is 6.56. The highest BCUT2D eigenvalue weighted by Crippen LogP contribution is 2.29. The lowest BCUT2D eigenvalue weighted by Crippen LogP contribution is -2.06. The molecule has 102 valence electrons. The van der Waals surface area contributed by atoms with E-state index in [1.807, 2.05) is 0 Å². The fraction of sp³-hybridized carbons (Fsp3) is 0.333. The van der Waals surface area contributed by atoms with Crippen molar-refractivity contribution in [1.29, 1.82) is 0 Å². The average Bonchev–Trinajstić information content (AvgIpc) is 2.76. The molecule has 0 saturated carbocycles. The second-order valence-electron chi connectivity index (χ2n) is 4.01. The Bertz CT molecular complexity index is 551. The van der Waals surface area contributed by atoms with Gasteiger partial charge in [-0.1, -0.05) is 23.4 Å². The summed E-state index contributed by atoms with van der Waals surface area (Å²) in [6, 6.07) is 5.08. The molecule has 19 heavy (non-hydrogen) atoms. The van der Waals surface area contributed by atoms with Crippen LogP contribution in [0.4, 0.5) is 13.2 Å². The van der Waals surface area contributed by atoms with Crippen molar-refractivity contribution in [3.8, 4) is 0 Å². The van der Waals surface area contributed by atoms with Gasteiger partial charge in [0, 0.05) is 0 Å². The predicted octanol–water partition coefficient (Wildman–Crippen LogP) is 2.40. The number of benzene rings is 1. The molecule has 0 aliphatic heterocycles. The molecule has 0 amide bonds. The van der Waals surface area contributed by atoms with E-state index in [1.165, 1.54) is 6.07 Å². The molecule has 0 fully saturated rings. The van der Waals surface area contributed by atoms with E-state index < -0.39 is 11.7 Å². The molecule has 4 nitrogen and oxygen atoms in total. The minimum absolute atomic E-state index is 0.181. The zero-order valence-corrected chi connectivity index (χ0v) is 10.2. The van der Waals surface area contributed by atoms with Crippen LogP contribution in [-0.2, 0) is 19.1 Å². The van der Waals surface area contributed by atoms with Gasteiger partial charge in [-0.25, -0.2) is 0 Å². The van der Waals surface area contributed by atoms with Crippen LogP contribution >= 0.6 is 0 Å². The summed E-state index contributed by atoms with van der Waals surface area (Å²) >= 11 is 0. The predicted molar refractivity (Wildman–Crippen MR) is 61.3 cm³/mol. The Hall–Kier alpha value is -1.89. The molecule has 1 aromatic heterocycles. The SMILES string of the molecule is CNCc1noc(Cc2cccc(C(F)(F)F)c2)n1. The first-order valence-electron chi connectivity index (χ1n) is 5.61. The first-order valence-corrected chi connectivity index (χ1v) is 5.61. The lowest BCUT2D eigenvalue weighted by Gasteiger charge is -2.07. The van der Waals surface area contributed by atoms with E-state index in [0.717, 1.165) is 12.1 Å². The van der Waals surface area contributed by atoms with Crippen LogP contribution in [0.25, 0.3) is 0 Å². The van der Waals surface area contributed by atoms with Gasteiger partial charge in [0.05, 0.1) is 18.5 Å². The Morgan fingerprint density at radius 1 is 1.32 bits per heavy atom. The van der Waals surface area contributed by atoms with Crippen molar-refractivity contribution < 1.29 is 17.7 Å². The summed E-state index contributed by atoms with van der Waals surface area (Å²) < 4.78 is 42.6. The van der Waals surface area contributed by atoms with Gasteiger partial charge in [0.2, 0.25) is 5.89 Å². The van der Waals surface area contributed by atoms with Gasteiger partial charge in [0.25, 0.3) is 0 Å². The second kappa shape index (κ2) is 5.40. The quantitative estimate of drug-likeness (QED) is 0.927. The third-order valence-electron chi connectivity index (χ3n) is 2.45. The van der Waals surface area contributed by atoms with Gasteiger partial charge in [-0.15, -0.1) is 0 Å². The molecule has 2 aromatic rings. The van der Waals surface area contributed by atoms with Crippen LogP contribution in [0.1, 0.15) is 22.8 Å². The fourth-order valence-corrected chi connectivity index (χ4v) is 1.62. The van der Waals surface area contributed by atoms with Crippen LogP contribution in [0.15, 0.2) is 28.8 Å². The largest absolute Gasteiger partial charge is 0.416 e. The summed E-state index contributed by atoms with van der Waals surface area (Å²) in [6.45, 7) is 0.450. The highest BCUT2D eigenvalue weighted by atomic mass is 19.4. The molecule has 0 bridgehead atoms. The van der Waals surface area contributed by atoms with E-state index in [0.29, 0.717) is 23.8 Å². The molecule has 1 heterocycles. The van der Waals surface area contributed by atoms with Gasteiger partial charge in [-0.3, -0.25) is 0 Å². The smallest absolute Gasteiger partial charge is 0.339 e. The monoisotopic (exact) mass is 271 g/mol. The molecule has 0 aliphatic rings. The number of hydrogen-bond donors (Lipinski definition) is 1. The van der Waals surface area contributed by atoms with Gasteiger partial charge < -0.3 is 9.84 Å². The van der Waals surface area contributed by atoms with Crippen molar-refractivity contribution in [1.82, 2.24) is 15.5 Å². The third-order valence-corrected chi connectivity index (χ3v) is 2.45. The summed E-state index contributed by atoms with van der Waals surface area (Å²) in [5.74, 6) is 0.772. The van der Waals surface area contributed by atoms with Gasteiger partial charge in [-0.2, -0.15) is 18.2 Å². The Morgan fingerprint density at radius 3 is 2.79 bits per heavy atom. The number of nitrogens with zero attached hydrogens (tertiary/aromatic N) is 2. The van der Waals surface area contributed by atoms with Crippen molar-refractivity contribution in [3.63, 3.8) is 0 Å². The number of alkyl halides is 3. The summed E-state index contributed by atoms with van der Waals surface area (Å²) in [7, 11) is 1.74. The molecule has 1 N–H and O–H groups in total. The van der Waals surface area contributed by atoms with Crippen LogP contribution < -0.4 is 5.32 Å². The Balaban J connectivity index is 2.14. The van der Waals surface area contributed by atoms with Crippen LogP contribution in [0.3, 0.4) is 0 Å². The van der Waals surface area contributed by atoms with E-state index >= 15 is 0 Å². The highest BCUT2D eigenvalue weighted by Gasteiger charge is 2.30. The molecule has 7 heteroatoms. The minimum Gasteiger partial charge on any atom is -0.339 e. The number of hydrogen-bond acceptors (Lipinski definition) is 4. The molecule has 0 aliphatic carbocycles. The van der Waals surface area contributed by atoms with E-state index in [4.69, 9.17) is 4.52 Å². The van der Waals surface area contributed by atoms with Gasteiger partial charge >= 0.3 is 6.18 Å². The van der Waals surface area contributed by atoms with Crippen LogP contribution in [0, 0.1) is 0 Å². The maximum atomic E-state index is 12.6. The van der Waals surface area contributed by atoms with Gasteiger partial charge in [0.15, 0.2) is 5.82 Å². The van der Waals surface area contributed by atoms with E-state index in [-0.39, 0.29) is 6.42 Å². The first-order chi connectivity index (χ1) is 8.99. The molecule has 0 radical (unpaired) electrons. The Morgan fingerprint density at radius 2 is 2.11 bits per heavy atom. The second-order valence-corrected chi connectivity index (χ2v) is 4.01. The van der Waals surface area contributed by atoms with E-state index in [2.05, 4.69) is 15.5 Å². The Labute approximate surface area is 107 Å². The van der Waals surface area contributed by atoms with Crippen molar-refractivity contribution in [2.24, 2.45) is 0 Å². The molecule has 0 atom stereocenters. The molecule has 0 spiro atoms. The number of aromatic nitrogens is 2. The van der Waals surface area contributed by atoms with E-state index in [1.54, 1.807) is 13.1 Å². The third kappa shape index (κ3) is 3.54. The number of rotatable bonds is 4. The van der Waals surface area contributed by atoms with Crippen LogP contribution in [0.2, 0.25) is 0 Å². The minimum atomic E-state index is -4.35. The molecule has 1 aromatic carbocycles. The lowest BCUT2D eigenvalue weighted by molar-refractivity contribution is -0.137. The van der Waals surface area contributed by atoms with Gasteiger partial charge in [0.1, 0.15) is 0 Å². The highest BCUT2D eigenvalue weighted by molar-refractivity contribution is 5.27. The summed E-state index contributed by atoms with van der Waals surface area (Å²) in [4.78, 5) is 4.07. The summed E-state index contributed by atoms with van der Waals surface area (Å²) in [5.41, 5.74) is -0.200. The normalized spacial score (nSPS) is 11.8. The molecule has 0 saturated heterocycles. The van der Waals surface area contributed by atoms with Gasteiger partial charge in [-0.05, 0) is 18.7 Å². The standard InChI is InChI=1S/C12H12F3N3O/c1-16-7-10-17-11(19-18-10)6-8-3-2-4-9(5-8)12(13,14)15/h2-5,16H,6-7H2,1H3. The topological polar surface area (TPSA) is 51.0 Å². The molecular formula is C12H12F3N3O. The van der Waals surface area contributed by atoms with Crippen LogP contribution in [-0.4, -0.2) is 17.2 Å². The summed E-state index contributed by atoms with van der Waals surface area (Å²) in [6.07, 6.45) is -4.16. The van der Waals surface area contributed by atoms with Crippen LogP contribution in [0.5, 0.6) is 0 Å². The molecule has 0 unspecified atom stereocenters. The lowest BCUT2D eigenvalue weighted by atomic mass is 10.1. The fourth-order valence-electron chi connectivity index (χ4n) is 1.62. The van der Waals surface area contributed by atoms with Crippen molar-refractivity contribution in [2.75, 3.05) is 7.05 Å². The Kier molecular flexibility index (Phi) is 3.84. The maximum absolute atomic E-state index is 12.6. The number of halogens is 3. The van der Waals surface area contributed by atoms with Crippen molar-refractivity contribution in [3.05, 3.63) is 47.1 Å². The zero-order valence-electron chi connectivity index (χ0n) is 10.2. The average molecular weight is 271 g/mol. The zero-order chi connectivity index (χ0) is 13.9. The van der Waals surface area contributed by atoms with E-state index in [9.17, 15) is 13.2 Å². The first kappa shape index (κ1) is 13.5. The number of nitrogens with one attached hydrogen (secondary N) is 1. The molecule has 2 rings (SSSR count). The molecular weight excluding hydrogens is 259 g/mol. The maximum Gasteiger partial charge on any atom is 0.416 e.